The Morgan fingerprint density at radius 3 is 2.34 bits per heavy atom. The van der Waals surface area contributed by atoms with Gasteiger partial charge in [0.1, 0.15) is 10.8 Å². The fourth-order valence-electron chi connectivity index (χ4n) is 3.92. The smallest absolute Gasteiger partial charge is 0.260 e. The van der Waals surface area contributed by atoms with Crippen molar-refractivity contribution >= 4 is 43.1 Å². The van der Waals surface area contributed by atoms with Crippen LogP contribution in [0.4, 0.5) is 5.00 Å². The number of fused-ring (bicyclic) bond motifs is 2. The molecule has 5 aromatic rings. The van der Waals surface area contributed by atoms with E-state index in [9.17, 15) is 9.59 Å². The summed E-state index contributed by atoms with van der Waals surface area (Å²) in [5, 5.41) is 6.14. The van der Waals surface area contributed by atoms with Crippen molar-refractivity contribution in [3.63, 3.8) is 0 Å². The van der Waals surface area contributed by atoms with Crippen molar-refractivity contribution in [2.45, 2.75) is 0 Å². The van der Waals surface area contributed by atoms with Crippen molar-refractivity contribution in [1.29, 1.82) is 0 Å². The summed E-state index contributed by atoms with van der Waals surface area (Å²) in [5.41, 5.74) is 1.59. The van der Waals surface area contributed by atoms with Gasteiger partial charge in [0.15, 0.2) is 5.43 Å². The molecule has 0 unspecified atom stereocenters. The predicted molar refractivity (Wildman–Crippen MR) is 132 cm³/mol. The molecule has 0 atom stereocenters. The third-order valence-corrected chi connectivity index (χ3v) is 6.52. The lowest BCUT2D eigenvalue weighted by Crippen LogP contribution is -2.16. The van der Waals surface area contributed by atoms with Crippen LogP contribution < -0.4 is 15.5 Å². The number of nitrogens with one attached hydrogen (secondary N) is 1. The van der Waals surface area contributed by atoms with Gasteiger partial charge in [-0.25, -0.2) is 0 Å². The average Bonchev–Trinajstić information content (AvgIpc) is 2.84. The highest BCUT2D eigenvalue weighted by atomic mass is 32.1. The Morgan fingerprint density at radius 2 is 1.50 bits per heavy atom. The monoisotopic (exact) mass is 437 g/mol. The van der Waals surface area contributed by atoms with E-state index in [1.54, 1.807) is 18.2 Å². The van der Waals surface area contributed by atoms with Crippen molar-refractivity contribution in [2.75, 3.05) is 12.4 Å². The molecule has 1 aromatic heterocycles. The molecule has 0 spiro atoms. The van der Waals surface area contributed by atoms with Crippen molar-refractivity contribution in [1.82, 2.24) is 0 Å². The predicted octanol–water partition coefficient (Wildman–Crippen LogP) is 6.34. The van der Waals surface area contributed by atoms with E-state index in [0.717, 1.165) is 21.0 Å². The SMILES string of the molecule is COc1ccccc1C(=O)Nc1sc2ccccc2c(=O)c1-c1cccc2ccccc12. The molecule has 0 fully saturated rings. The van der Waals surface area contributed by atoms with Crippen molar-refractivity contribution in [2.24, 2.45) is 0 Å². The second-order valence-corrected chi connectivity index (χ2v) is 8.36. The van der Waals surface area contributed by atoms with Crippen molar-refractivity contribution < 1.29 is 9.53 Å². The summed E-state index contributed by atoms with van der Waals surface area (Å²) in [6, 6.07) is 28.3. The Hall–Kier alpha value is -3.96. The van der Waals surface area contributed by atoms with E-state index < -0.39 is 0 Å². The number of hydrogen-bond donors (Lipinski definition) is 1. The molecule has 0 saturated carbocycles. The molecule has 1 amide bonds. The van der Waals surface area contributed by atoms with Crippen LogP contribution in [0.5, 0.6) is 5.75 Å². The second kappa shape index (κ2) is 8.29. The number of carbonyl (C=O) groups is 1. The van der Waals surface area contributed by atoms with Gasteiger partial charge in [0.25, 0.3) is 5.91 Å². The van der Waals surface area contributed by atoms with Crippen molar-refractivity contribution in [3.05, 3.63) is 107 Å². The lowest BCUT2D eigenvalue weighted by Gasteiger charge is -2.14. The first-order chi connectivity index (χ1) is 15.7. The third-order valence-electron chi connectivity index (χ3n) is 5.44. The number of anilines is 1. The normalized spacial score (nSPS) is 10.9. The molecule has 0 radical (unpaired) electrons. The zero-order valence-corrected chi connectivity index (χ0v) is 18.1. The van der Waals surface area contributed by atoms with Crippen LogP contribution in [0.1, 0.15) is 10.4 Å². The number of amides is 1. The fraction of sp³-hybridized carbons (Fsp3) is 0.0370. The Balaban J connectivity index is 1.75. The van der Waals surface area contributed by atoms with Crippen LogP contribution in [-0.2, 0) is 0 Å². The largest absolute Gasteiger partial charge is 0.496 e. The molecule has 0 saturated heterocycles. The molecule has 32 heavy (non-hydrogen) atoms. The summed E-state index contributed by atoms with van der Waals surface area (Å²) >= 11 is 1.39. The van der Waals surface area contributed by atoms with E-state index in [1.807, 2.05) is 72.8 Å². The molecule has 4 aromatic carbocycles. The molecule has 5 rings (SSSR count). The van der Waals surface area contributed by atoms with E-state index >= 15 is 0 Å². The van der Waals surface area contributed by atoms with Gasteiger partial charge in [0.2, 0.25) is 0 Å². The van der Waals surface area contributed by atoms with E-state index in [2.05, 4.69) is 5.32 Å². The van der Waals surface area contributed by atoms with E-state index in [1.165, 1.54) is 18.4 Å². The molecular weight excluding hydrogens is 418 g/mol. The summed E-state index contributed by atoms with van der Waals surface area (Å²) in [6.07, 6.45) is 0. The third kappa shape index (κ3) is 3.43. The van der Waals surface area contributed by atoms with E-state index in [-0.39, 0.29) is 11.3 Å². The van der Waals surface area contributed by atoms with Gasteiger partial charge in [0, 0.05) is 10.1 Å². The molecule has 156 valence electrons. The first-order valence-corrected chi connectivity index (χ1v) is 11.0. The molecule has 1 heterocycles. The maximum atomic E-state index is 13.7. The average molecular weight is 438 g/mol. The molecule has 5 heteroatoms. The fourth-order valence-corrected chi connectivity index (χ4v) is 5.01. The lowest BCUT2D eigenvalue weighted by atomic mass is 9.98. The van der Waals surface area contributed by atoms with Gasteiger partial charge in [-0.2, -0.15) is 0 Å². The van der Waals surface area contributed by atoms with Gasteiger partial charge in [-0.15, -0.1) is 11.3 Å². The Bertz CT molecular complexity index is 1530. The van der Waals surface area contributed by atoms with E-state index in [0.29, 0.717) is 27.3 Å². The minimum Gasteiger partial charge on any atom is -0.496 e. The minimum atomic E-state index is -0.324. The molecule has 0 aliphatic heterocycles. The quantitative estimate of drug-likeness (QED) is 0.357. The number of hydrogen-bond acceptors (Lipinski definition) is 4. The highest BCUT2D eigenvalue weighted by Gasteiger charge is 2.20. The second-order valence-electron chi connectivity index (χ2n) is 7.31. The summed E-state index contributed by atoms with van der Waals surface area (Å²) < 4.78 is 6.17. The molecule has 0 aliphatic carbocycles. The van der Waals surface area contributed by atoms with Crippen LogP contribution in [-0.4, -0.2) is 13.0 Å². The summed E-state index contributed by atoms with van der Waals surface area (Å²) in [5.74, 6) is 0.153. The molecule has 4 nitrogen and oxygen atoms in total. The number of ether oxygens (including phenoxy) is 1. The molecule has 0 aliphatic rings. The summed E-state index contributed by atoms with van der Waals surface area (Å²) in [4.78, 5) is 26.9. The summed E-state index contributed by atoms with van der Waals surface area (Å²) in [7, 11) is 1.53. The number of rotatable bonds is 4. The number of carbonyl (C=O) groups excluding carboxylic acids is 1. The number of para-hydroxylation sites is 1. The first-order valence-electron chi connectivity index (χ1n) is 10.2. The number of benzene rings is 4. The zero-order chi connectivity index (χ0) is 22.1. The Kier molecular flexibility index (Phi) is 5.17. The minimum absolute atomic E-state index is 0.106. The maximum Gasteiger partial charge on any atom is 0.260 e. The Labute approximate surface area is 188 Å². The standard InChI is InChI=1S/C27H19NO3S/c1-31-22-15-6-4-12-20(22)26(30)28-27-24(25(29)21-13-5-7-16-23(21)32-27)19-14-8-10-17-9-2-3-11-18(17)19/h2-16H,1H3,(H,28,30). The van der Waals surface area contributed by atoms with Crippen LogP contribution in [0.15, 0.2) is 95.8 Å². The van der Waals surface area contributed by atoms with Crippen LogP contribution in [0.3, 0.4) is 0 Å². The topological polar surface area (TPSA) is 55.4 Å². The first kappa shape index (κ1) is 20.0. The van der Waals surface area contributed by atoms with Crippen LogP contribution in [0.25, 0.3) is 32.0 Å². The van der Waals surface area contributed by atoms with Gasteiger partial charge >= 0.3 is 0 Å². The van der Waals surface area contributed by atoms with Crippen LogP contribution >= 0.6 is 11.3 Å². The lowest BCUT2D eigenvalue weighted by molar-refractivity contribution is 0.102. The van der Waals surface area contributed by atoms with Gasteiger partial charge in [-0.05, 0) is 40.6 Å². The number of methoxy groups -OCH3 is 1. The van der Waals surface area contributed by atoms with Crippen LogP contribution in [0.2, 0.25) is 0 Å². The Morgan fingerprint density at radius 1 is 0.812 bits per heavy atom. The maximum absolute atomic E-state index is 13.7. The highest BCUT2D eigenvalue weighted by molar-refractivity contribution is 7.22. The highest BCUT2D eigenvalue weighted by Crippen LogP contribution is 2.37. The van der Waals surface area contributed by atoms with Gasteiger partial charge < -0.3 is 10.1 Å². The molecule has 1 N–H and O–H groups in total. The van der Waals surface area contributed by atoms with Gasteiger partial charge in [0.05, 0.1) is 18.2 Å². The van der Waals surface area contributed by atoms with E-state index in [4.69, 9.17) is 4.74 Å². The van der Waals surface area contributed by atoms with Gasteiger partial charge in [-0.1, -0.05) is 66.7 Å². The van der Waals surface area contributed by atoms with Crippen LogP contribution in [0, 0.1) is 0 Å². The zero-order valence-electron chi connectivity index (χ0n) is 17.3. The summed E-state index contributed by atoms with van der Waals surface area (Å²) in [6.45, 7) is 0. The van der Waals surface area contributed by atoms with Gasteiger partial charge in [-0.3, -0.25) is 9.59 Å². The molecule has 0 bridgehead atoms. The van der Waals surface area contributed by atoms with Crippen molar-refractivity contribution in [3.8, 4) is 16.9 Å². The molecular formula is C27H19NO3S.